The minimum atomic E-state index is -0.822. The number of ether oxygens (including phenoxy) is 3. The van der Waals surface area contributed by atoms with E-state index in [1.54, 1.807) is 6.92 Å². The van der Waals surface area contributed by atoms with Crippen LogP contribution in [0.4, 0.5) is 0 Å². The normalized spacial score (nSPS) is 30.6. The molecule has 0 unspecified atom stereocenters. The highest BCUT2D eigenvalue weighted by atomic mass is 16.6. The molecule has 2 aliphatic rings. The lowest BCUT2D eigenvalue weighted by atomic mass is 9.91. The molecule has 0 amide bonds. The van der Waals surface area contributed by atoms with Crippen LogP contribution in [0.25, 0.3) is 0 Å². The Morgan fingerprint density at radius 3 is 2.64 bits per heavy atom. The summed E-state index contributed by atoms with van der Waals surface area (Å²) in [4.78, 5) is 24.2. The first-order valence-electron chi connectivity index (χ1n) is 8.83. The molecule has 1 aromatic carbocycles. The van der Waals surface area contributed by atoms with Crippen LogP contribution in [0.15, 0.2) is 30.3 Å². The third-order valence-corrected chi connectivity index (χ3v) is 4.67. The van der Waals surface area contributed by atoms with Crippen molar-refractivity contribution in [3.8, 4) is 0 Å². The van der Waals surface area contributed by atoms with E-state index in [0.717, 1.165) is 18.4 Å². The summed E-state index contributed by atoms with van der Waals surface area (Å²) in [5, 5.41) is 0. The van der Waals surface area contributed by atoms with Crippen molar-refractivity contribution in [1.82, 2.24) is 0 Å². The van der Waals surface area contributed by atoms with Crippen LogP contribution in [-0.2, 0) is 30.2 Å². The number of benzene rings is 1. The molecule has 1 saturated heterocycles. The fourth-order valence-electron chi connectivity index (χ4n) is 3.06. The molecule has 0 aromatic heterocycles. The maximum absolute atomic E-state index is 12.2. The maximum Gasteiger partial charge on any atom is 0.325 e. The highest BCUT2D eigenvalue weighted by molar-refractivity contribution is 5.76. The van der Waals surface area contributed by atoms with Crippen LogP contribution in [0.5, 0.6) is 0 Å². The van der Waals surface area contributed by atoms with Gasteiger partial charge in [-0.3, -0.25) is 9.59 Å². The van der Waals surface area contributed by atoms with Gasteiger partial charge >= 0.3 is 11.9 Å². The Hall–Kier alpha value is -1.92. The molecule has 2 fully saturated rings. The molecule has 2 N–H and O–H groups in total. The molecule has 1 saturated carbocycles. The van der Waals surface area contributed by atoms with Gasteiger partial charge in [-0.25, -0.2) is 0 Å². The summed E-state index contributed by atoms with van der Waals surface area (Å²) in [6.07, 6.45) is 1.27. The molecule has 1 heterocycles. The van der Waals surface area contributed by atoms with Gasteiger partial charge in [-0.15, -0.1) is 0 Å². The molecule has 1 aliphatic carbocycles. The summed E-state index contributed by atoms with van der Waals surface area (Å²) in [5.41, 5.74) is 6.89. The van der Waals surface area contributed by atoms with Gasteiger partial charge in [0.05, 0.1) is 19.1 Å². The fraction of sp³-hybridized carbons (Fsp3) is 0.579. The van der Waals surface area contributed by atoms with Gasteiger partial charge in [0.2, 0.25) is 0 Å². The molecule has 0 spiro atoms. The summed E-state index contributed by atoms with van der Waals surface area (Å²) >= 11 is 0. The number of esters is 2. The van der Waals surface area contributed by atoms with Gasteiger partial charge < -0.3 is 19.9 Å². The molecule has 3 rings (SSSR count). The molecule has 136 valence electrons. The number of hydrogen-bond acceptors (Lipinski definition) is 6. The Bertz CT molecular complexity index is 601. The second-order valence-corrected chi connectivity index (χ2v) is 6.91. The third kappa shape index (κ3) is 4.80. The van der Waals surface area contributed by atoms with Gasteiger partial charge in [-0.2, -0.15) is 0 Å². The first kappa shape index (κ1) is 17.9. The molecule has 1 aromatic rings. The summed E-state index contributed by atoms with van der Waals surface area (Å²) < 4.78 is 16.8. The summed E-state index contributed by atoms with van der Waals surface area (Å²) in [5.74, 6) is -0.871. The number of hydrogen-bond donors (Lipinski definition) is 1. The van der Waals surface area contributed by atoms with Gasteiger partial charge in [-0.1, -0.05) is 30.3 Å². The minimum Gasteiger partial charge on any atom is -0.458 e. The predicted molar refractivity (Wildman–Crippen MR) is 90.6 cm³/mol. The molecule has 4 atom stereocenters. The van der Waals surface area contributed by atoms with E-state index in [4.69, 9.17) is 19.9 Å². The lowest BCUT2D eigenvalue weighted by Gasteiger charge is -2.30. The number of cyclic esters (lactones) is 1. The van der Waals surface area contributed by atoms with Crippen molar-refractivity contribution in [2.75, 3.05) is 13.2 Å². The zero-order valence-electron chi connectivity index (χ0n) is 14.4. The first-order chi connectivity index (χ1) is 12.0. The lowest BCUT2D eigenvalue weighted by molar-refractivity contribution is -0.172. The van der Waals surface area contributed by atoms with E-state index in [2.05, 4.69) is 0 Å². The van der Waals surface area contributed by atoms with E-state index in [-0.39, 0.29) is 24.4 Å². The van der Waals surface area contributed by atoms with E-state index in [1.807, 2.05) is 30.3 Å². The Morgan fingerprint density at radius 2 is 1.96 bits per heavy atom. The van der Waals surface area contributed by atoms with Gasteiger partial charge in [0.15, 0.2) is 0 Å². The second-order valence-electron chi connectivity index (χ2n) is 6.91. The van der Waals surface area contributed by atoms with Crippen molar-refractivity contribution >= 4 is 11.9 Å². The number of nitrogens with two attached hydrogens (primary N) is 1. The van der Waals surface area contributed by atoms with E-state index in [0.29, 0.717) is 13.0 Å². The summed E-state index contributed by atoms with van der Waals surface area (Å²) in [7, 11) is 0. The molecule has 0 bridgehead atoms. The van der Waals surface area contributed by atoms with Gasteiger partial charge in [0.25, 0.3) is 0 Å². The van der Waals surface area contributed by atoms with Crippen molar-refractivity contribution in [2.45, 2.75) is 44.4 Å². The van der Waals surface area contributed by atoms with Crippen LogP contribution in [0.2, 0.25) is 0 Å². The van der Waals surface area contributed by atoms with Gasteiger partial charge in [0, 0.05) is 5.92 Å². The van der Waals surface area contributed by atoms with E-state index < -0.39 is 24.2 Å². The van der Waals surface area contributed by atoms with Crippen molar-refractivity contribution in [2.24, 2.45) is 17.6 Å². The van der Waals surface area contributed by atoms with Crippen molar-refractivity contribution in [3.63, 3.8) is 0 Å². The SMILES string of the molecule is C[C@@H]1OC(=O)[C@@H](N)COC[C@H](Cc2ccccc2)[C@H]1OC(=O)C1CC1. The molecule has 25 heavy (non-hydrogen) atoms. The maximum atomic E-state index is 12.2. The second kappa shape index (κ2) is 7.97. The Kier molecular flexibility index (Phi) is 5.71. The molecule has 1 aliphatic heterocycles. The van der Waals surface area contributed by atoms with Crippen LogP contribution < -0.4 is 5.73 Å². The average molecular weight is 347 g/mol. The largest absolute Gasteiger partial charge is 0.458 e. The zero-order valence-corrected chi connectivity index (χ0v) is 14.4. The van der Waals surface area contributed by atoms with Crippen molar-refractivity contribution in [3.05, 3.63) is 35.9 Å². The van der Waals surface area contributed by atoms with Crippen molar-refractivity contribution in [1.29, 1.82) is 0 Å². The molecule has 6 heteroatoms. The Morgan fingerprint density at radius 1 is 1.24 bits per heavy atom. The van der Waals surface area contributed by atoms with Crippen LogP contribution in [0.3, 0.4) is 0 Å². The minimum absolute atomic E-state index is 0.0175. The summed E-state index contributed by atoms with van der Waals surface area (Å²) in [6, 6.07) is 9.12. The highest BCUT2D eigenvalue weighted by Crippen LogP contribution is 2.32. The lowest BCUT2D eigenvalue weighted by Crippen LogP contribution is -2.43. The number of rotatable bonds is 4. The zero-order chi connectivity index (χ0) is 17.8. The first-order valence-corrected chi connectivity index (χ1v) is 8.83. The van der Waals surface area contributed by atoms with E-state index >= 15 is 0 Å². The monoisotopic (exact) mass is 347 g/mol. The van der Waals surface area contributed by atoms with Crippen molar-refractivity contribution < 1.29 is 23.8 Å². The predicted octanol–water partition coefficient (Wildman–Crippen LogP) is 1.46. The topological polar surface area (TPSA) is 87.8 Å². The van der Waals surface area contributed by atoms with Gasteiger partial charge in [0.1, 0.15) is 18.2 Å². The Balaban J connectivity index is 1.79. The average Bonchev–Trinajstić information content (AvgIpc) is 3.43. The molecule has 0 radical (unpaired) electrons. The Labute approximate surface area is 147 Å². The van der Waals surface area contributed by atoms with E-state index in [9.17, 15) is 9.59 Å². The molecular weight excluding hydrogens is 322 g/mol. The smallest absolute Gasteiger partial charge is 0.325 e. The van der Waals surface area contributed by atoms with Gasteiger partial charge in [-0.05, 0) is 31.7 Å². The van der Waals surface area contributed by atoms with Crippen LogP contribution >= 0.6 is 0 Å². The molecular formula is C19H25NO5. The van der Waals surface area contributed by atoms with E-state index in [1.165, 1.54) is 0 Å². The summed E-state index contributed by atoms with van der Waals surface area (Å²) in [6.45, 7) is 2.20. The third-order valence-electron chi connectivity index (χ3n) is 4.67. The van der Waals surface area contributed by atoms with Crippen LogP contribution in [-0.4, -0.2) is 43.4 Å². The van der Waals surface area contributed by atoms with Crippen LogP contribution in [0, 0.1) is 11.8 Å². The quantitative estimate of drug-likeness (QED) is 0.830. The standard InChI is InChI=1S/C19H25NO5/c1-12-17(25-18(21)14-7-8-14)15(9-13-5-3-2-4-6-13)10-23-11-16(20)19(22)24-12/h2-6,12,14-17H,7-11,20H2,1H3/t12-,15-,16-,17-/m0/s1. The number of carbonyl (C=O) groups is 2. The van der Waals surface area contributed by atoms with Crippen LogP contribution in [0.1, 0.15) is 25.3 Å². The fourth-order valence-corrected chi connectivity index (χ4v) is 3.06. The number of carbonyl (C=O) groups excluding carboxylic acids is 2. The molecule has 6 nitrogen and oxygen atoms in total. The highest BCUT2D eigenvalue weighted by Gasteiger charge is 2.39.